The van der Waals surface area contributed by atoms with Crippen LogP contribution in [0.1, 0.15) is 18.2 Å². The molecule has 0 spiro atoms. The van der Waals surface area contributed by atoms with Crippen LogP contribution in [0.2, 0.25) is 0 Å². The Balaban J connectivity index is 0.000000810. The summed E-state index contributed by atoms with van der Waals surface area (Å²) in [5.41, 5.74) is 2.47. The Labute approximate surface area is 61.2 Å². The Morgan fingerprint density at radius 1 is 1.50 bits per heavy atom. The summed E-state index contributed by atoms with van der Waals surface area (Å²) in [6.07, 6.45) is 2.88. The quantitative estimate of drug-likeness (QED) is 0.575. The number of aryl methyl sites for hydroxylation is 2. The minimum atomic E-state index is 0. The zero-order valence-corrected chi connectivity index (χ0v) is 6.39. The van der Waals surface area contributed by atoms with E-state index < -0.39 is 0 Å². The summed E-state index contributed by atoms with van der Waals surface area (Å²) < 4.78 is 0. The molecular formula is C8H13NO. The second-order valence-electron chi connectivity index (χ2n) is 2.18. The number of rotatable bonds is 1. The molecule has 10 heavy (non-hydrogen) atoms. The van der Waals surface area contributed by atoms with Crippen LogP contribution < -0.4 is 0 Å². The number of nitrogens with zero attached hydrogens (tertiary/aromatic N) is 1. The molecule has 0 atom stereocenters. The first-order valence-electron chi connectivity index (χ1n) is 3.24. The third kappa shape index (κ3) is 2.15. The minimum absolute atomic E-state index is 0. The van der Waals surface area contributed by atoms with E-state index in [2.05, 4.69) is 24.9 Å². The van der Waals surface area contributed by atoms with Gasteiger partial charge in [-0.15, -0.1) is 0 Å². The van der Waals surface area contributed by atoms with E-state index in [4.69, 9.17) is 0 Å². The molecule has 0 saturated heterocycles. The van der Waals surface area contributed by atoms with Crippen LogP contribution in [-0.2, 0) is 6.42 Å². The van der Waals surface area contributed by atoms with E-state index in [-0.39, 0.29) is 5.48 Å². The highest BCUT2D eigenvalue weighted by atomic mass is 16.0. The second-order valence-corrected chi connectivity index (χ2v) is 2.18. The van der Waals surface area contributed by atoms with E-state index in [1.807, 2.05) is 12.3 Å². The zero-order chi connectivity index (χ0) is 6.69. The van der Waals surface area contributed by atoms with Crippen molar-refractivity contribution in [2.75, 3.05) is 0 Å². The highest BCUT2D eigenvalue weighted by molar-refractivity contribution is 5.13. The van der Waals surface area contributed by atoms with E-state index in [1.165, 1.54) is 11.3 Å². The van der Waals surface area contributed by atoms with E-state index in [9.17, 15) is 0 Å². The van der Waals surface area contributed by atoms with Gasteiger partial charge in [-0.05, 0) is 31.0 Å². The van der Waals surface area contributed by atoms with Crippen molar-refractivity contribution >= 4 is 0 Å². The van der Waals surface area contributed by atoms with E-state index in [0.29, 0.717) is 0 Å². The highest BCUT2D eigenvalue weighted by Crippen LogP contribution is 1.98. The molecular weight excluding hydrogens is 126 g/mol. The fourth-order valence-corrected chi connectivity index (χ4v) is 0.792. The topological polar surface area (TPSA) is 44.4 Å². The molecule has 56 valence electrons. The Kier molecular flexibility index (Phi) is 3.65. The summed E-state index contributed by atoms with van der Waals surface area (Å²) in [6.45, 7) is 4.20. The number of aromatic nitrogens is 1. The van der Waals surface area contributed by atoms with Gasteiger partial charge in [0.15, 0.2) is 0 Å². The molecule has 0 aliphatic rings. The molecule has 0 unspecified atom stereocenters. The molecule has 1 aromatic rings. The third-order valence-electron chi connectivity index (χ3n) is 1.33. The number of hydrogen-bond acceptors (Lipinski definition) is 1. The standard InChI is InChI=1S/C8H11N.H2O/c1-3-8-6-7(2)4-5-9-8;/h4-6H,3H2,1-2H3;1H2. The molecule has 0 fully saturated rings. The first-order valence-corrected chi connectivity index (χ1v) is 3.24. The van der Waals surface area contributed by atoms with Crippen LogP contribution in [0, 0.1) is 6.92 Å². The Morgan fingerprint density at radius 2 is 2.20 bits per heavy atom. The van der Waals surface area contributed by atoms with Crippen LogP contribution >= 0.6 is 0 Å². The van der Waals surface area contributed by atoms with Crippen molar-refractivity contribution in [2.45, 2.75) is 20.3 Å². The predicted molar refractivity (Wildman–Crippen MR) is 42.0 cm³/mol. The van der Waals surface area contributed by atoms with Gasteiger partial charge in [0, 0.05) is 11.9 Å². The summed E-state index contributed by atoms with van der Waals surface area (Å²) in [7, 11) is 0. The molecule has 2 nitrogen and oxygen atoms in total. The molecule has 0 aliphatic carbocycles. The van der Waals surface area contributed by atoms with Gasteiger partial charge in [-0.25, -0.2) is 0 Å². The van der Waals surface area contributed by atoms with Gasteiger partial charge in [-0.2, -0.15) is 0 Å². The first-order chi connectivity index (χ1) is 4.33. The fourth-order valence-electron chi connectivity index (χ4n) is 0.792. The number of hydrogen-bond donors (Lipinski definition) is 0. The maximum absolute atomic E-state index is 4.16. The van der Waals surface area contributed by atoms with Gasteiger partial charge in [-0.1, -0.05) is 6.92 Å². The zero-order valence-electron chi connectivity index (χ0n) is 6.39. The molecule has 1 heterocycles. The van der Waals surface area contributed by atoms with Crippen LogP contribution in [-0.4, -0.2) is 10.5 Å². The lowest BCUT2D eigenvalue weighted by molar-refractivity contribution is 0.824. The van der Waals surface area contributed by atoms with E-state index in [1.54, 1.807) is 0 Å². The largest absolute Gasteiger partial charge is 0.412 e. The SMILES string of the molecule is CCc1cc(C)ccn1.O. The summed E-state index contributed by atoms with van der Waals surface area (Å²) in [6, 6.07) is 4.12. The van der Waals surface area contributed by atoms with Crippen molar-refractivity contribution < 1.29 is 5.48 Å². The monoisotopic (exact) mass is 139 g/mol. The minimum Gasteiger partial charge on any atom is -0.412 e. The van der Waals surface area contributed by atoms with Crippen molar-refractivity contribution in [3.63, 3.8) is 0 Å². The molecule has 2 heteroatoms. The van der Waals surface area contributed by atoms with Crippen LogP contribution in [0.3, 0.4) is 0 Å². The molecule has 0 aliphatic heterocycles. The number of pyridine rings is 1. The van der Waals surface area contributed by atoms with Gasteiger partial charge in [0.1, 0.15) is 0 Å². The molecule has 0 amide bonds. The fraction of sp³-hybridized carbons (Fsp3) is 0.375. The van der Waals surface area contributed by atoms with Crippen LogP contribution in [0.4, 0.5) is 0 Å². The van der Waals surface area contributed by atoms with Crippen molar-refractivity contribution in [3.05, 3.63) is 29.6 Å². The maximum Gasteiger partial charge on any atom is 0.0403 e. The lowest BCUT2D eigenvalue weighted by Gasteiger charge is -1.94. The van der Waals surface area contributed by atoms with Gasteiger partial charge in [0.2, 0.25) is 0 Å². The van der Waals surface area contributed by atoms with E-state index >= 15 is 0 Å². The van der Waals surface area contributed by atoms with Crippen molar-refractivity contribution in [1.29, 1.82) is 0 Å². The Bertz CT molecular complexity index is 198. The van der Waals surface area contributed by atoms with Crippen LogP contribution in [0.15, 0.2) is 18.3 Å². The molecule has 0 aromatic carbocycles. The van der Waals surface area contributed by atoms with Crippen molar-refractivity contribution in [3.8, 4) is 0 Å². The van der Waals surface area contributed by atoms with Crippen LogP contribution in [0.5, 0.6) is 0 Å². The molecule has 0 radical (unpaired) electrons. The average molecular weight is 139 g/mol. The molecule has 1 aromatic heterocycles. The first kappa shape index (κ1) is 9.11. The Hall–Kier alpha value is -0.890. The summed E-state index contributed by atoms with van der Waals surface area (Å²) in [4.78, 5) is 4.16. The smallest absolute Gasteiger partial charge is 0.0403 e. The summed E-state index contributed by atoms with van der Waals surface area (Å²) in [5.74, 6) is 0. The van der Waals surface area contributed by atoms with Gasteiger partial charge >= 0.3 is 0 Å². The molecule has 2 N–H and O–H groups in total. The van der Waals surface area contributed by atoms with Gasteiger partial charge < -0.3 is 5.48 Å². The summed E-state index contributed by atoms with van der Waals surface area (Å²) in [5, 5.41) is 0. The lowest BCUT2D eigenvalue weighted by Crippen LogP contribution is -1.85. The van der Waals surface area contributed by atoms with Gasteiger partial charge in [0.25, 0.3) is 0 Å². The van der Waals surface area contributed by atoms with Gasteiger partial charge in [-0.3, -0.25) is 4.98 Å². The lowest BCUT2D eigenvalue weighted by atomic mass is 10.2. The molecule has 0 saturated carbocycles. The molecule has 1 rings (SSSR count). The maximum atomic E-state index is 4.16. The second kappa shape index (κ2) is 4.01. The average Bonchev–Trinajstić information content (AvgIpc) is 1.88. The normalized spacial score (nSPS) is 8.60. The van der Waals surface area contributed by atoms with Crippen molar-refractivity contribution in [2.24, 2.45) is 0 Å². The summed E-state index contributed by atoms with van der Waals surface area (Å²) >= 11 is 0. The third-order valence-corrected chi connectivity index (χ3v) is 1.33. The predicted octanol–water partition coefficient (Wildman–Crippen LogP) is 1.13. The van der Waals surface area contributed by atoms with Crippen molar-refractivity contribution in [1.82, 2.24) is 4.98 Å². The Morgan fingerprint density at radius 3 is 2.60 bits per heavy atom. The molecule has 0 bridgehead atoms. The van der Waals surface area contributed by atoms with E-state index in [0.717, 1.165) is 6.42 Å². The highest BCUT2D eigenvalue weighted by Gasteiger charge is 1.87. The van der Waals surface area contributed by atoms with Crippen LogP contribution in [0.25, 0.3) is 0 Å². The van der Waals surface area contributed by atoms with Gasteiger partial charge in [0.05, 0.1) is 0 Å².